The van der Waals surface area contributed by atoms with Crippen molar-refractivity contribution in [1.82, 2.24) is 19.9 Å². The van der Waals surface area contributed by atoms with Gasteiger partial charge in [-0.3, -0.25) is 9.78 Å². The topological polar surface area (TPSA) is 94.0 Å². The molecule has 0 aliphatic carbocycles. The highest BCUT2D eigenvalue weighted by Crippen LogP contribution is 2.30. The maximum absolute atomic E-state index is 13.4. The number of amides is 1. The normalized spacial score (nSPS) is 16.9. The fourth-order valence-electron chi connectivity index (χ4n) is 4.11. The number of carbonyl (C=O) groups excluding carboxylic acids is 1. The minimum atomic E-state index is -3.06. The van der Waals surface area contributed by atoms with Gasteiger partial charge in [-0.15, -0.1) is 0 Å². The van der Waals surface area contributed by atoms with Gasteiger partial charge in [0.15, 0.2) is 15.0 Å². The molecular weight excluding hydrogens is 523 g/mol. The maximum atomic E-state index is 13.4. The maximum Gasteiger partial charge on any atom is 0.251 e. The van der Waals surface area contributed by atoms with Crippen molar-refractivity contribution < 1.29 is 17.6 Å². The van der Waals surface area contributed by atoms with Crippen molar-refractivity contribution in [2.45, 2.75) is 29.9 Å². The first kappa shape index (κ1) is 24.7. The Morgan fingerprint density at radius 2 is 2.00 bits per heavy atom. The molecule has 11 heteroatoms. The fourth-order valence-corrected chi connectivity index (χ4v) is 7.12. The number of nitrogens with zero attached hydrogens (tertiary/aromatic N) is 3. The molecule has 0 spiro atoms. The highest BCUT2D eigenvalue weighted by Gasteiger charge is 2.29. The molecule has 1 atom stereocenters. The molecule has 1 aliphatic heterocycles. The lowest BCUT2D eigenvalue weighted by molar-refractivity contribution is 0.0941. The van der Waals surface area contributed by atoms with Crippen molar-refractivity contribution in [3.05, 3.63) is 88.5 Å². The lowest BCUT2D eigenvalue weighted by Gasteiger charge is -2.12. The van der Waals surface area contributed by atoms with Crippen LogP contribution < -0.4 is 5.32 Å². The molecule has 0 saturated carbocycles. The summed E-state index contributed by atoms with van der Waals surface area (Å²) in [5.41, 5.74) is 3.92. The third-order valence-electron chi connectivity index (χ3n) is 6.01. The lowest BCUT2D eigenvalue weighted by Crippen LogP contribution is -2.35. The first-order valence-electron chi connectivity index (χ1n) is 11.2. The average Bonchev–Trinajstić information content (AvgIpc) is 3.37. The molecule has 1 amide bonds. The summed E-state index contributed by atoms with van der Waals surface area (Å²) < 4.78 is 38.7. The van der Waals surface area contributed by atoms with E-state index in [9.17, 15) is 17.6 Å². The Balaban J connectivity index is 1.33. The number of pyridine rings is 1. The van der Waals surface area contributed by atoms with Crippen LogP contribution in [0.3, 0.4) is 0 Å². The monoisotopic (exact) mass is 544 g/mol. The number of fused-ring (bicyclic) bond motifs is 1. The van der Waals surface area contributed by atoms with Crippen LogP contribution in [0.5, 0.6) is 0 Å². The highest BCUT2D eigenvalue weighted by molar-refractivity contribution is 7.98. The van der Waals surface area contributed by atoms with Gasteiger partial charge in [-0.2, -0.15) is 0 Å². The lowest BCUT2D eigenvalue weighted by atomic mass is 10.1. The number of sulfone groups is 1. The predicted octanol–water partition coefficient (Wildman–Crippen LogP) is 4.48. The van der Waals surface area contributed by atoms with Crippen LogP contribution in [0.1, 0.15) is 27.9 Å². The number of rotatable bonds is 7. The van der Waals surface area contributed by atoms with E-state index in [0.717, 1.165) is 27.3 Å². The van der Waals surface area contributed by atoms with Crippen molar-refractivity contribution in [3.8, 4) is 0 Å². The molecule has 5 rings (SSSR count). The van der Waals surface area contributed by atoms with Crippen molar-refractivity contribution in [1.29, 1.82) is 0 Å². The Morgan fingerprint density at radius 1 is 1.19 bits per heavy atom. The minimum Gasteiger partial charge on any atom is -0.348 e. The molecule has 4 aromatic rings. The van der Waals surface area contributed by atoms with Crippen molar-refractivity contribution in [2.24, 2.45) is 0 Å². The standard InChI is InChI=1S/C25H22ClFN4O3S2/c26-21-11-19(27)6-5-18(21)14-35-25-30-22-7-9-28-12-23(22)31(25)13-16-1-3-17(4-2-16)24(32)29-20-8-10-36(33,34)15-20/h1-7,9,11-12,20H,8,10,13-15H2,(H,29,32)/t20-/m1/s1. The molecule has 2 aromatic heterocycles. The van der Waals surface area contributed by atoms with Crippen LogP contribution in [-0.4, -0.2) is 46.4 Å². The molecular formula is C25H22ClFN4O3S2. The molecule has 186 valence electrons. The van der Waals surface area contributed by atoms with E-state index in [1.165, 1.54) is 23.9 Å². The zero-order valence-electron chi connectivity index (χ0n) is 19.0. The Morgan fingerprint density at radius 3 is 2.72 bits per heavy atom. The third kappa shape index (κ3) is 5.55. The first-order valence-corrected chi connectivity index (χ1v) is 14.4. The van der Waals surface area contributed by atoms with E-state index >= 15 is 0 Å². The number of carbonyl (C=O) groups is 1. The van der Waals surface area contributed by atoms with Crippen LogP contribution in [0.25, 0.3) is 11.0 Å². The predicted molar refractivity (Wildman–Crippen MR) is 139 cm³/mol. The van der Waals surface area contributed by atoms with Crippen LogP contribution >= 0.6 is 23.4 Å². The van der Waals surface area contributed by atoms with Gasteiger partial charge in [-0.05, 0) is 47.9 Å². The van der Waals surface area contributed by atoms with Gasteiger partial charge in [0.1, 0.15) is 5.82 Å². The van der Waals surface area contributed by atoms with E-state index < -0.39 is 9.84 Å². The number of benzene rings is 2. The van der Waals surface area contributed by atoms with Crippen molar-refractivity contribution in [2.75, 3.05) is 11.5 Å². The second kappa shape index (κ2) is 10.2. The van der Waals surface area contributed by atoms with Crippen LogP contribution in [0.2, 0.25) is 5.02 Å². The number of hydrogen-bond acceptors (Lipinski definition) is 6. The smallest absolute Gasteiger partial charge is 0.251 e. The molecule has 1 N–H and O–H groups in total. The highest BCUT2D eigenvalue weighted by atomic mass is 35.5. The Hall–Kier alpha value is -2.95. The van der Waals surface area contributed by atoms with E-state index in [2.05, 4.69) is 10.3 Å². The van der Waals surface area contributed by atoms with Gasteiger partial charge >= 0.3 is 0 Å². The number of aromatic nitrogens is 3. The molecule has 0 bridgehead atoms. The van der Waals surface area contributed by atoms with Gasteiger partial charge in [0, 0.05) is 28.6 Å². The second-order valence-electron chi connectivity index (χ2n) is 8.64. The van der Waals surface area contributed by atoms with Crippen molar-refractivity contribution >= 4 is 50.1 Å². The van der Waals surface area contributed by atoms with Crippen molar-refractivity contribution in [3.63, 3.8) is 0 Å². The molecule has 3 heterocycles. The van der Waals surface area contributed by atoms with Gasteiger partial charge < -0.3 is 9.88 Å². The molecule has 1 fully saturated rings. The van der Waals surface area contributed by atoms with Gasteiger partial charge in [0.2, 0.25) is 0 Å². The van der Waals surface area contributed by atoms with Crippen LogP contribution in [0.15, 0.2) is 66.1 Å². The Labute approximate surface area is 217 Å². The van der Waals surface area contributed by atoms with E-state index in [0.29, 0.717) is 29.3 Å². The van der Waals surface area contributed by atoms with Crippen LogP contribution in [-0.2, 0) is 22.1 Å². The van der Waals surface area contributed by atoms with Gasteiger partial charge in [-0.1, -0.05) is 41.6 Å². The molecule has 2 aromatic carbocycles. The van der Waals surface area contributed by atoms with E-state index in [1.54, 1.807) is 30.6 Å². The summed E-state index contributed by atoms with van der Waals surface area (Å²) in [4.78, 5) is 21.6. The summed E-state index contributed by atoms with van der Waals surface area (Å²) in [6.07, 6.45) is 3.89. The summed E-state index contributed by atoms with van der Waals surface area (Å²) >= 11 is 7.69. The van der Waals surface area contributed by atoms with Gasteiger partial charge in [0.25, 0.3) is 5.91 Å². The zero-order chi connectivity index (χ0) is 25.3. The van der Waals surface area contributed by atoms with Gasteiger partial charge in [-0.25, -0.2) is 17.8 Å². The zero-order valence-corrected chi connectivity index (χ0v) is 21.4. The summed E-state index contributed by atoms with van der Waals surface area (Å²) in [5.74, 6) is -0.0439. The molecule has 1 aliphatic rings. The minimum absolute atomic E-state index is 0.0118. The van der Waals surface area contributed by atoms with E-state index in [4.69, 9.17) is 16.6 Å². The number of imidazole rings is 1. The molecule has 7 nitrogen and oxygen atoms in total. The Bertz CT molecular complexity index is 1540. The summed E-state index contributed by atoms with van der Waals surface area (Å²) in [7, 11) is -3.06. The van der Waals surface area contributed by atoms with E-state index in [-0.39, 0.29) is 29.3 Å². The number of hydrogen-bond donors (Lipinski definition) is 1. The van der Waals surface area contributed by atoms with Gasteiger partial charge in [0.05, 0.1) is 35.3 Å². The second-order valence-corrected chi connectivity index (χ2v) is 12.2. The summed E-state index contributed by atoms with van der Waals surface area (Å²) in [6, 6.07) is 13.1. The van der Waals surface area contributed by atoms with Crippen LogP contribution in [0.4, 0.5) is 4.39 Å². The molecule has 0 unspecified atom stereocenters. The molecule has 36 heavy (non-hydrogen) atoms. The largest absolute Gasteiger partial charge is 0.348 e. The Kier molecular flexibility index (Phi) is 7.00. The van der Waals surface area contributed by atoms with E-state index in [1.807, 2.05) is 22.8 Å². The van der Waals surface area contributed by atoms with Crippen LogP contribution in [0, 0.1) is 5.82 Å². The number of halogens is 2. The number of thioether (sulfide) groups is 1. The summed E-state index contributed by atoms with van der Waals surface area (Å²) in [6.45, 7) is 0.504. The molecule has 0 radical (unpaired) electrons. The average molecular weight is 545 g/mol. The summed E-state index contributed by atoms with van der Waals surface area (Å²) in [5, 5.41) is 3.95. The SMILES string of the molecule is O=C(N[C@@H]1CCS(=O)(=O)C1)c1ccc(Cn2c(SCc3ccc(F)cc3Cl)nc3ccncc32)cc1. The quantitative estimate of drug-likeness (QED) is 0.345. The fraction of sp³-hybridized carbons (Fsp3) is 0.240. The molecule has 1 saturated heterocycles. The number of nitrogens with one attached hydrogen (secondary N) is 1. The third-order valence-corrected chi connectivity index (χ3v) is 9.16. The first-order chi connectivity index (χ1) is 17.3.